The number of amides is 1. The van der Waals surface area contributed by atoms with Crippen molar-refractivity contribution in [2.75, 3.05) is 16.8 Å². The third-order valence-electron chi connectivity index (χ3n) is 2.69. The van der Waals surface area contributed by atoms with Crippen LogP contribution in [0, 0.1) is 6.92 Å². The zero-order valence-electron chi connectivity index (χ0n) is 11.0. The molecular weight excluding hydrogens is 292 g/mol. The molecule has 0 saturated carbocycles. The Morgan fingerprint density at radius 1 is 1.30 bits per heavy atom. The van der Waals surface area contributed by atoms with Crippen molar-refractivity contribution in [3.8, 4) is 0 Å². The van der Waals surface area contributed by atoms with E-state index in [9.17, 15) is 4.79 Å². The van der Waals surface area contributed by atoms with Gasteiger partial charge < -0.3 is 11.1 Å². The van der Waals surface area contributed by atoms with Gasteiger partial charge in [-0.05, 0) is 48.9 Å². The Morgan fingerprint density at radius 3 is 2.80 bits per heavy atom. The second-order valence-electron chi connectivity index (χ2n) is 4.37. The predicted octanol–water partition coefficient (Wildman–Crippen LogP) is 3.96. The standard InChI is InChI=1S/C15H15ClN2OS/c1-10-7-12(17)5-6-14(10)18-15(19)9-20-13-4-2-3-11(16)8-13/h2-8H,9,17H2,1H3,(H,18,19). The fourth-order valence-electron chi connectivity index (χ4n) is 1.72. The van der Waals surface area contributed by atoms with E-state index in [0.717, 1.165) is 16.1 Å². The van der Waals surface area contributed by atoms with Crippen LogP contribution in [0.1, 0.15) is 5.56 Å². The van der Waals surface area contributed by atoms with E-state index in [2.05, 4.69) is 5.32 Å². The summed E-state index contributed by atoms with van der Waals surface area (Å²) in [4.78, 5) is 12.9. The number of benzene rings is 2. The van der Waals surface area contributed by atoms with Gasteiger partial charge in [0.2, 0.25) is 5.91 Å². The molecule has 1 amide bonds. The van der Waals surface area contributed by atoms with Gasteiger partial charge in [-0.15, -0.1) is 11.8 Å². The summed E-state index contributed by atoms with van der Waals surface area (Å²) in [5, 5.41) is 3.55. The van der Waals surface area contributed by atoms with Gasteiger partial charge in [0.15, 0.2) is 0 Å². The molecule has 0 unspecified atom stereocenters. The summed E-state index contributed by atoms with van der Waals surface area (Å²) in [6.07, 6.45) is 0. The highest BCUT2D eigenvalue weighted by molar-refractivity contribution is 8.00. The zero-order valence-corrected chi connectivity index (χ0v) is 12.6. The first-order valence-electron chi connectivity index (χ1n) is 6.09. The van der Waals surface area contributed by atoms with Gasteiger partial charge in [-0.2, -0.15) is 0 Å². The second kappa shape index (κ2) is 6.68. The summed E-state index contributed by atoms with van der Waals surface area (Å²) in [6, 6.07) is 12.9. The molecule has 0 aliphatic heterocycles. The molecular formula is C15H15ClN2OS. The molecule has 0 aliphatic carbocycles. The minimum absolute atomic E-state index is 0.0529. The Labute approximate surface area is 127 Å². The van der Waals surface area contributed by atoms with E-state index in [1.54, 1.807) is 6.07 Å². The van der Waals surface area contributed by atoms with Crippen LogP contribution in [0.3, 0.4) is 0 Å². The lowest BCUT2D eigenvalue weighted by Crippen LogP contribution is -2.14. The molecule has 20 heavy (non-hydrogen) atoms. The summed E-state index contributed by atoms with van der Waals surface area (Å²) < 4.78 is 0. The molecule has 0 bridgehead atoms. The number of carbonyl (C=O) groups is 1. The Hall–Kier alpha value is -1.65. The average molecular weight is 307 g/mol. The van der Waals surface area contributed by atoms with Gasteiger partial charge in [-0.1, -0.05) is 17.7 Å². The maximum Gasteiger partial charge on any atom is 0.234 e. The zero-order chi connectivity index (χ0) is 14.5. The van der Waals surface area contributed by atoms with Crippen molar-refractivity contribution in [2.24, 2.45) is 0 Å². The van der Waals surface area contributed by atoms with Gasteiger partial charge >= 0.3 is 0 Å². The molecule has 2 aromatic rings. The molecule has 3 nitrogen and oxygen atoms in total. The molecule has 0 atom stereocenters. The average Bonchev–Trinajstić information content (AvgIpc) is 2.40. The van der Waals surface area contributed by atoms with Gasteiger partial charge in [-0.25, -0.2) is 0 Å². The normalized spacial score (nSPS) is 10.3. The van der Waals surface area contributed by atoms with Gasteiger partial charge in [0, 0.05) is 21.3 Å². The van der Waals surface area contributed by atoms with Crippen LogP contribution < -0.4 is 11.1 Å². The summed E-state index contributed by atoms with van der Waals surface area (Å²) >= 11 is 7.35. The third-order valence-corrected chi connectivity index (χ3v) is 3.92. The minimum Gasteiger partial charge on any atom is -0.399 e. The van der Waals surface area contributed by atoms with Crippen molar-refractivity contribution in [3.05, 3.63) is 53.1 Å². The first kappa shape index (κ1) is 14.8. The smallest absolute Gasteiger partial charge is 0.234 e. The predicted molar refractivity (Wildman–Crippen MR) is 86.4 cm³/mol. The molecule has 0 aromatic heterocycles. The largest absolute Gasteiger partial charge is 0.399 e. The van der Waals surface area contributed by atoms with E-state index in [0.29, 0.717) is 16.5 Å². The summed E-state index contributed by atoms with van der Waals surface area (Å²) in [6.45, 7) is 1.91. The molecule has 0 aliphatic rings. The quantitative estimate of drug-likeness (QED) is 0.664. The lowest BCUT2D eigenvalue weighted by Gasteiger charge is -2.09. The monoisotopic (exact) mass is 306 g/mol. The Morgan fingerprint density at radius 2 is 2.10 bits per heavy atom. The van der Waals surface area contributed by atoms with E-state index in [1.165, 1.54) is 11.8 Å². The van der Waals surface area contributed by atoms with Crippen molar-refractivity contribution in [1.82, 2.24) is 0 Å². The molecule has 2 rings (SSSR count). The van der Waals surface area contributed by atoms with Crippen LogP contribution in [-0.4, -0.2) is 11.7 Å². The molecule has 3 N–H and O–H groups in total. The molecule has 0 fully saturated rings. The lowest BCUT2D eigenvalue weighted by molar-refractivity contribution is -0.113. The highest BCUT2D eigenvalue weighted by atomic mass is 35.5. The molecule has 0 spiro atoms. The van der Waals surface area contributed by atoms with Crippen molar-refractivity contribution < 1.29 is 4.79 Å². The van der Waals surface area contributed by atoms with Gasteiger partial charge in [0.25, 0.3) is 0 Å². The maximum absolute atomic E-state index is 11.9. The van der Waals surface area contributed by atoms with Gasteiger partial charge in [-0.3, -0.25) is 4.79 Å². The number of rotatable bonds is 4. The molecule has 104 valence electrons. The summed E-state index contributed by atoms with van der Waals surface area (Å²) in [7, 11) is 0. The molecule has 2 aromatic carbocycles. The number of hydrogen-bond acceptors (Lipinski definition) is 3. The van der Waals surface area contributed by atoms with Crippen LogP contribution in [-0.2, 0) is 4.79 Å². The van der Waals surface area contributed by atoms with E-state index < -0.39 is 0 Å². The van der Waals surface area contributed by atoms with Crippen LogP contribution in [0.4, 0.5) is 11.4 Å². The van der Waals surface area contributed by atoms with Crippen molar-refractivity contribution in [2.45, 2.75) is 11.8 Å². The van der Waals surface area contributed by atoms with Crippen molar-refractivity contribution in [3.63, 3.8) is 0 Å². The number of anilines is 2. The van der Waals surface area contributed by atoms with Crippen LogP contribution >= 0.6 is 23.4 Å². The van der Waals surface area contributed by atoms with Crippen LogP contribution in [0.5, 0.6) is 0 Å². The molecule has 0 radical (unpaired) electrons. The lowest BCUT2D eigenvalue weighted by atomic mass is 10.2. The summed E-state index contributed by atoms with van der Waals surface area (Å²) in [5.74, 6) is 0.285. The van der Waals surface area contributed by atoms with Gasteiger partial charge in [0.05, 0.1) is 5.75 Å². The first-order valence-corrected chi connectivity index (χ1v) is 7.45. The Bertz CT molecular complexity index is 631. The second-order valence-corrected chi connectivity index (χ2v) is 5.85. The van der Waals surface area contributed by atoms with E-state index in [4.69, 9.17) is 17.3 Å². The van der Waals surface area contributed by atoms with Crippen molar-refractivity contribution >= 4 is 40.6 Å². The van der Waals surface area contributed by atoms with E-state index in [-0.39, 0.29) is 5.91 Å². The SMILES string of the molecule is Cc1cc(N)ccc1NC(=O)CSc1cccc(Cl)c1. The Balaban J connectivity index is 1.92. The van der Waals surface area contributed by atoms with E-state index in [1.807, 2.05) is 43.3 Å². The van der Waals surface area contributed by atoms with Crippen LogP contribution in [0.2, 0.25) is 5.02 Å². The molecule has 0 saturated heterocycles. The first-order chi connectivity index (χ1) is 9.54. The number of nitrogen functional groups attached to an aromatic ring is 1. The van der Waals surface area contributed by atoms with E-state index >= 15 is 0 Å². The highest BCUT2D eigenvalue weighted by Gasteiger charge is 2.06. The number of nitrogens with two attached hydrogens (primary N) is 1. The van der Waals surface area contributed by atoms with Crippen molar-refractivity contribution in [1.29, 1.82) is 0 Å². The topological polar surface area (TPSA) is 55.1 Å². The highest BCUT2D eigenvalue weighted by Crippen LogP contribution is 2.22. The fourth-order valence-corrected chi connectivity index (χ4v) is 2.73. The Kier molecular flexibility index (Phi) is 4.93. The fraction of sp³-hybridized carbons (Fsp3) is 0.133. The number of hydrogen-bond donors (Lipinski definition) is 2. The summed E-state index contributed by atoms with van der Waals surface area (Å²) in [5.41, 5.74) is 8.10. The third kappa shape index (κ3) is 4.18. The van der Waals surface area contributed by atoms with Crippen LogP contribution in [0.25, 0.3) is 0 Å². The number of nitrogens with one attached hydrogen (secondary N) is 1. The number of thioether (sulfide) groups is 1. The number of aryl methyl sites for hydroxylation is 1. The number of halogens is 1. The minimum atomic E-state index is -0.0529. The molecule has 5 heteroatoms. The number of carbonyl (C=O) groups excluding carboxylic acids is 1. The maximum atomic E-state index is 11.9. The van der Waals surface area contributed by atoms with Crippen LogP contribution in [0.15, 0.2) is 47.4 Å². The van der Waals surface area contributed by atoms with Gasteiger partial charge in [0.1, 0.15) is 0 Å². The molecule has 0 heterocycles.